The molecule has 0 bridgehead atoms. The van der Waals surface area contributed by atoms with Crippen molar-refractivity contribution in [2.24, 2.45) is 0 Å². The van der Waals surface area contributed by atoms with Crippen LogP contribution in [-0.2, 0) is 0 Å². The molecule has 3 heteroatoms. The summed E-state index contributed by atoms with van der Waals surface area (Å²) in [5.41, 5.74) is 7.51. The fourth-order valence-electron chi connectivity index (χ4n) is 1.79. The van der Waals surface area contributed by atoms with Gasteiger partial charge in [0.2, 0.25) is 0 Å². The largest absolute Gasteiger partial charge is 0.457 e. The monoisotopic (exact) mass is 242 g/mol. The first-order valence-electron chi connectivity index (χ1n) is 6.00. The van der Waals surface area contributed by atoms with E-state index in [9.17, 15) is 0 Å². The number of allylic oxidation sites excluding steroid dienone is 2. The molecule has 0 aromatic heterocycles. The van der Waals surface area contributed by atoms with E-state index in [0.29, 0.717) is 0 Å². The second kappa shape index (κ2) is 5.45. The van der Waals surface area contributed by atoms with E-state index in [2.05, 4.69) is 11.0 Å². The summed E-state index contributed by atoms with van der Waals surface area (Å²) in [6.45, 7) is 4.82. The molecule has 0 unspecified atom stereocenters. The molecule has 1 aromatic rings. The first-order valence-corrected chi connectivity index (χ1v) is 6.00. The lowest BCUT2D eigenvalue weighted by molar-refractivity contribution is 0.422. The van der Waals surface area contributed by atoms with Gasteiger partial charge in [0.25, 0.3) is 0 Å². The van der Waals surface area contributed by atoms with Crippen LogP contribution in [0.1, 0.15) is 12.5 Å². The highest BCUT2D eigenvalue weighted by atomic mass is 16.5. The Labute approximate surface area is 108 Å². The maximum absolute atomic E-state index is 5.84. The first-order chi connectivity index (χ1) is 8.69. The number of rotatable bonds is 3. The fourth-order valence-corrected chi connectivity index (χ4v) is 1.79. The summed E-state index contributed by atoms with van der Waals surface area (Å²) in [5, 5.41) is 0. The summed E-state index contributed by atoms with van der Waals surface area (Å²) >= 11 is 0. The SMILES string of the molecule is C/C=C\N1C=CC(Oc2ccc(N)cc2C)=CC1. The summed E-state index contributed by atoms with van der Waals surface area (Å²) < 4.78 is 5.84. The van der Waals surface area contributed by atoms with Gasteiger partial charge in [-0.25, -0.2) is 0 Å². The van der Waals surface area contributed by atoms with E-state index in [4.69, 9.17) is 10.5 Å². The van der Waals surface area contributed by atoms with Gasteiger partial charge in [0.1, 0.15) is 11.5 Å². The van der Waals surface area contributed by atoms with Crippen LogP contribution < -0.4 is 10.5 Å². The van der Waals surface area contributed by atoms with Crippen LogP contribution in [0.3, 0.4) is 0 Å². The van der Waals surface area contributed by atoms with Gasteiger partial charge in [-0.05, 0) is 56.0 Å². The third-order valence-electron chi connectivity index (χ3n) is 2.70. The molecule has 1 heterocycles. The topological polar surface area (TPSA) is 38.5 Å². The molecule has 0 aliphatic carbocycles. The van der Waals surface area contributed by atoms with E-state index in [0.717, 1.165) is 29.3 Å². The van der Waals surface area contributed by atoms with Gasteiger partial charge in [-0.1, -0.05) is 6.08 Å². The zero-order valence-electron chi connectivity index (χ0n) is 10.8. The van der Waals surface area contributed by atoms with Crippen LogP contribution in [0.4, 0.5) is 5.69 Å². The minimum atomic E-state index is 0.757. The van der Waals surface area contributed by atoms with Crippen LogP contribution in [0.15, 0.2) is 54.6 Å². The molecule has 1 aromatic carbocycles. The number of ether oxygens (including phenoxy) is 1. The van der Waals surface area contributed by atoms with Crippen LogP contribution in [0.2, 0.25) is 0 Å². The molecule has 2 N–H and O–H groups in total. The smallest absolute Gasteiger partial charge is 0.130 e. The second-order valence-electron chi connectivity index (χ2n) is 4.23. The summed E-state index contributed by atoms with van der Waals surface area (Å²) in [4.78, 5) is 2.09. The van der Waals surface area contributed by atoms with Crippen LogP contribution in [0, 0.1) is 6.92 Å². The van der Waals surface area contributed by atoms with Crippen molar-refractivity contribution in [3.05, 3.63) is 60.1 Å². The first kappa shape index (κ1) is 12.3. The Hall–Kier alpha value is -2.16. The summed E-state index contributed by atoms with van der Waals surface area (Å²) in [6.07, 6.45) is 10.0. The molecule has 94 valence electrons. The normalized spacial score (nSPS) is 15.0. The molecular weight excluding hydrogens is 224 g/mol. The molecule has 3 nitrogen and oxygen atoms in total. The van der Waals surface area contributed by atoms with Crippen molar-refractivity contribution < 1.29 is 4.74 Å². The lowest BCUT2D eigenvalue weighted by Crippen LogP contribution is -2.14. The number of hydrogen-bond acceptors (Lipinski definition) is 3. The van der Waals surface area contributed by atoms with Crippen molar-refractivity contribution in [1.82, 2.24) is 4.90 Å². The number of aryl methyl sites for hydroxylation is 1. The molecule has 0 fully saturated rings. The molecule has 2 rings (SSSR count). The van der Waals surface area contributed by atoms with Gasteiger partial charge in [0.05, 0.1) is 0 Å². The maximum Gasteiger partial charge on any atom is 0.130 e. The van der Waals surface area contributed by atoms with Gasteiger partial charge in [-0.3, -0.25) is 0 Å². The van der Waals surface area contributed by atoms with E-state index < -0.39 is 0 Å². The fraction of sp³-hybridized carbons (Fsp3) is 0.200. The second-order valence-corrected chi connectivity index (χ2v) is 4.23. The average molecular weight is 242 g/mol. The number of nitrogens with zero attached hydrogens (tertiary/aromatic N) is 1. The number of nitrogens with two attached hydrogens (primary N) is 1. The average Bonchev–Trinajstić information content (AvgIpc) is 2.35. The van der Waals surface area contributed by atoms with Crippen molar-refractivity contribution in [3.63, 3.8) is 0 Å². The van der Waals surface area contributed by atoms with Crippen molar-refractivity contribution in [2.45, 2.75) is 13.8 Å². The minimum absolute atomic E-state index is 0.757. The van der Waals surface area contributed by atoms with E-state index in [1.165, 1.54) is 0 Å². The van der Waals surface area contributed by atoms with Crippen molar-refractivity contribution in [2.75, 3.05) is 12.3 Å². The van der Waals surface area contributed by atoms with Gasteiger partial charge < -0.3 is 15.4 Å². The van der Waals surface area contributed by atoms with Gasteiger partial charge in [0, 0.05) is 18.4 Å². The Morgan fingerprint density at radius 1 is 1.39 bits per heavy atom. The van der Waals surface area contributed by atoms with Gasteiger partial charge in [0.15, 0.2) is 0 Å². The molecule has 0 saturated carbocycles. The van der Waals surface area contributed by atoms with Crippen molar-refractivity contribution in [3.8, 4) is 5.75 Å². The van der Waals surface area contributed by atoms with Crippen molar-refractivity contribution >= 4 is 5.69 Å². The van der Waals surface area contributed by atoms with Crippen molar-refractivity contribution in [1.29, 1.82) is 0 Å². The van der Waals surface area contributed by atoms with Gasteiger partial charge in [-0.2, -0.15) is 0 Å². The predicted molar refractivity (Wildman–Crippen MR) is 75.0 cm³/mol. The standard InChI is InChI=1S/C15H18N2O/c1-3-8-17-9-6-14(7-10-17)18-15-5-4-13(16)11-12(15)2/h3-9,11H,10,16H2,1-2H3/b8-3-. The Balaban J connectivity index is 2.05. The van der Waals surface area contributed by atoms with Crippen LogP contribution in [0.5, 0.6) is 5.75 Å². The minimum Gasteiger partial charge on any atom is -0.457 e. The Morgan fingerprint density at radius 3 is 2.83 bits per heavy atom. The van der Waals surface area contributed by atoms with Gasteiger partial charge in [-0.15, -0.1) is 0 Å². The van der Waals surface area contributed by atoms with E-state index in [1.54, 1.807) is 0 Å². The van der Waals surface area contributed by atoms with E-state index in [1.807, 2.05) is 56.6 Å². The Kier molecular flexibility index (Phi) is 3.72. The predicted octanol–water partition coefficient (Wildman–Crippen LogP) is 3.20. The van der Waals surface area contributed by atoms with E-state index in [-0.39, 0.29) is 0 Å². The molecule has 0 radical (unpaired) electrons. The Morgan fingerprint density at radius 2 is 2.22 bits per heavy atom. The highest BCUT2D eigenvalue weighted by Gasteiger charge is 2.06. The molecule has 1 aliphatic heterocycles. The Bertz CT molecular complexity index is 515. The highest BCUT2D eigenvalue weighted by Crippen LogP contribution is 2.23. The number of benzene rings is 1. The van der Waals surface area contributed by atoms with Crippen LogP contribution in [-0.4, -0.2) is 11.4 Å². The molecule has 0 amide bonds. The number of hydrogen-bond donors (Lipinski definition) is 1. The number of nitrogen functional groups attached to an aromatic ring is 1. The zero-order valence-corrected chi connectivity index (χ0v) is 10.8. The molecule has 18 heavy (non-hydrogen) atoms. The number of anilines is 1. The van der Waals surface area contributed by atoms with Gasteiger partial charge >= 0.3 is 0 Å². The lowest BCUT2D eigenvalue weighted by atomic mass is 10.2. The zero-order chi connectivity index (χ0) is 13.0. The summed E-state index contributed by atoms with van der Waals surface area (Å²) in [6, 6.07) is 5.66. The maximum atomic E-state index is 5.84. The van der Waals surface area contributed by atoms with E-state index >= 15 is 0 Å². The lowest BCUT2D eigenvalue weighted by Gasteiger charge is -2.19. The third kappa shape index (κ3) is 2.94. The summed E-state index contributed by atoms with van der Waals surface area (Å²) in [5.74, 6) is 1.71. The molecular formula is C15H18N2O. The quantitative estimate of drug-likeness (QED) is 0.827. The third-order valence-corrected chi connectivity index (χ3v) is 2.70. The van der Waals surface area contributed by atoms with Crippen LogP contribution >= 0.6 is 0 Å². The van der Waals surface area contributed by atoms with Crippen LogP contribution in [0.25, 0.3) is 0 Å². The summed E-state index contributed by atoms with van der Waals surface area (Å²) in [7, 11) is 0. The molecule has 0 atom stereocenters. The molecule has 0 saturated heterocycles. The highest BCUT2D eigenvalue weighted by molar-refractivity contribution is 5.48. The molecule has 1 aliphatic rings. The molecule has 0 spiro atoms.